The molecule has 8 nitrogen and oxygen atoms in total. The van der Waals surface area contributed by atoms with Gasteiger partial charge in [0.15, 0.2) is 6.23 Å². The van der Waals surface area contributed by atoms with E-state index in [1.54, 1.807) is 30.5 Å². The standard InChI is InChI=1S/C25H24ClFN4O4/c1-34-23-14-35-25(33)31(23)21-3-2-15(10-20(21)26)18-12-17(27)13-19(24(18)32)16-4-5-29-22(11-16)30-8-6-28-7-9-30/h2-5,10-13,23,28,32H,6-9,14H2,1H3/t23-/m0/s1. The summed E-state index contributed by atoms with van der Waals surface area (Å²) in [7, 11) is 1.47. The summed E-state index contributed by atoms with van der Waals surface area (Å²) < 4.78 is 25.1. The number of aromatic hydroxyl groups is 1. The van der Waals surface area contributed by atoms with Gasteiger partial charge < -0.3 is 24.8 Å². The molecular formula is C25H24ClFN4O4. The smallest absolute Gasteiger partial charge is 0.416 e. The van der Waals surface area contributed by atoms with E-state index < -0.39 is 18.1 Å². The van der Waals surface area contributed by atoms with Crippen LogP contribution in [0.5, 0.6) is 5.75 Å². The van der Waals surface area contributed by atoms with E-state index in [1.165, 1.54) is 24.1 Å². The third-order valence-electron chi connectivity index (χ3n) is 6.20. The molecule has 1 amide bonds. The molecular weight excluding hydrogens is 475 g/mol. The van der Waals surface area contributed by atoms with Gasteiger partial charge in [-0.05, 0) is 47.5 Å². The lowest BCUT2D eigenvalue weighted by molar-refractivity contribution is 0.0875. The maximum atomic E-state index is 14.7. The number of phenols is 1. The number of rotatable bonds is 5. The molecule has 3 aromatic rings. The molecule has 2 aromatic carbocycles. The molecule has 0 radical (unpaired) electrons. The summed E-state index contributed by atoms with van der Waals surface area (Å²) in [4.78, 5) is 20.1. The van der Waals surface area contributed by atoms with E-state index >= 15 is 0 Å². The van der Waals surface area contributed by atoms with E-state index in [9.17, 15) is 14.3 Å². The fourth-order valence-corrected chi connectivity index (χ4v) is 4.66. The minimum absolute atomic E-state index is 0.0805. The number of piperazine rings is 1. The van der Waals surface area contributed by atoms with Gasteiger partial charge in [-0.25, -0.2) is 19.1 Å². The number of pyridine rings is 1. The fourth-order valence-electron chi connectivity index (χ4n) is 4.39. The van der Waals surface area contributed by atoms with Crippen LogP contribution in [-0.4, -0.2) is 62.3 Å². The zero-order valence-corrected chi connectivity index (χ0v) is 19.8. The number of ether oxygens (including phenoxy) is 2. The summed E-state index contributed by atoms with van der Waals surface area (Å²) in [6.07, 6.45) is 0.487. The Bertz CT molecular complexity index is 1270. The normalized spacial score (nSPS) is 18.1. The molecule has 2 aliphatic rings. The first-order valence-electron chi connectivity index (χ1n) is 11.2. The predicted octanol–water partition coefficient (Wildman–Crippen LogP) is 4.25. The third-order valence-corrected chi connectivity index (χ3v) is 6.50. The van der Waals surface area contributed by atoms with Crippen LogP contribution in [0.15, 0.2) is 48.7 Å². The van der Waals surface area contributed by atoms with E-state index in [2.05, 4.69) is 15.2 Å². The van der Waals surface area contributed by atoms with Gasteiger partial charge in [-0.2, -0.15) is 0 Å². The molecule has 5 rings (SSSR count). The number of carbonyl (C=O) groups is 1. The van der Waals surface area contributed by atoms with Crippen LogP contribution < -0.4 is 15.1 Å². The van der Waals surface area contributed by atoms with Gasteiger partial charge in [0.25, 0.3) is 0 Å². The summed E-state index contributed by atoms with van der Waals surface area (Å²) in [6.45, 7) is 3.44. The lowest BCUT2D eigenvalue weighted by Crippen LogP contribution is -2.43. The maximum absolute atomic E-state index is 14.7. The molecule has 2 fully saturated rings. The third kappa shape index (κ3) is 4.50. The number of amides is 1. The molecule has 0 spiro atoms. The van der Waals surface area contributed by atoms with E-state index in [0.717, 1.165) is 32.0 Å². The number of hydrogen-bond donors (Lipinski definition) is 2. The van der Waals surface area contributed by atoms with Crippen molar-refractivity contribution in [1.29, 1.82) is 0 Å². The van der Waals surface area contributed by atoms with Gasteiger partial charge >= 0.3 is 6.09 Å². The Labute approximate surface area is 206 Å². The number of methoxy groups -OCH3 is 1. The average molecular weight is 499 g/mol. The second-order valence-electron chi connectivity index (χ2n) is 8.29. The van der Waals surface area contributed by atoms with Crippen LogP contribution in [-0.2, 0) is 9.47 Å². The minimum Gasteiger partial charge on any atom is -0.507 e. The van der Waals surface area contributed by atoms with Gasteiger partial charge in [0.2, 0.25) is 0 Å². The van der Waals surface area contributed by atoms with Gasteiger partial charge in [-0.1, -0.05) is 17.7 Å². The summed E-state index contributed by atoms with van der Waals surface area (Å²) in [6, 6.07) is 11.0. The highest BCUT2D eigenvalue weighted by Crippen LogP contribution is 2.42. The van der Waals surface area contributed by atoms with Crippen molar-refractivity contribution in [2.45, 2.75) is 6.23 Å². The minimum atomic E-state index is -0.600. The van der Waals surface area contributed by atoms with Crippen LogP contribution in [0.4, 0.5) is 20.7 Å². The Balaban J connectivity index is 1.51. The van der Waals surface area contributed by atoms with Gasteiger partial charge in [0.1, 0.15) is 24.0 Å². The summed E-state index contributed by atoms with van der Waals surface area (Å²) in [5, 5.41) is 14.7. The van der Waals surface area contributed by atoms with Gasteiger partial charge in [-0.3, -0.25) is 0 Å². The first kappa shape index (κ1) is 23.3. The second kappa shape index (κ2) is 9.69. The van der Waals surface area contributed by atoms with Crippen molar-refractivity contribution < 1.29 is 23.8 Å². The summed E-state index contributed by atoms with van der Waals surface area (Å²) >= 11 is 6.50. The van der Waals surface area contributed by atoms with E-state index in [-0.39, 0.29) is 22.9 Å². The quantitative estimate of drug-likeness (QED) is 0.543. The van der Waals surface area contributed by atoms with E-state index in [0.29, 0.717) is 22.4 Å². The summed E-state index contributed by atoms with van der Waals surface area (Å²) in [5.41, 5.74) is 2.17. The lowest BCUT2D eigenvalue weighted by Gasteiger charge is -2.28. The molecule has 10 heteroatoms. The SMILES string of the molecule is CO[C@H]1COC(=O)N1c1ccc(-c2cc(F)cc(-c3ccnc(N4CCNCC4)c3)c2O)cc1Cl. The largest absolute Gasteiger partial charge is 0.507 e. The van der Waals surface area contributed by atoms with Crippen molar-refractivity contribution in [2.75, 3.05) is 49.7 Å². The number of nitrogens with one attached hydrogen (secondary N) is 1. The number of nitrogens with zero attached hydrogens (tertiary/aromatic N) is 3. The molecule has 0 aliphatic carbocycles. The number of benzene rings is 2. The molecule has 2 aliphatic heterocycles. The maximum Gasteiger partial charge on any atom is 0.416 e. The number of cyclic esters (lactones) is 1. The number of carbonyl (C=O) groups excluding carboxylic acids is 1. The number of halogens is 2. The zero-order valence-electron chi connectivity index (χ0n) is 19.0. The molecule has 3 heterocycles. The van der Waals surface area contributed by atoms with Crippen molar-refractivity contribution in [3.8, 4) is 28.0 Å². The Morgan fingerprint density at radius 1 is 1.14 bits per heavy atom. The number of aromatic nitrogens is 1. The van der Waals surface area contributed by atoms with Crippen molar-refractivity contribution >= 4 is 29.2 Å². The molecule has 0 unspecified atom stereocenters. The Morgan fingerprint density at radius 3 is 2.54 bits per heavy atom. The van der Waals surface area contributed by atoms with E-state index in [4.69, 9.17) is 21.1 Å². The van der Waals surface area contributed by atoms with Gasteiger partial charge in [0, 0.05) is 50.6 Å². The number of hydrogen-bond acceptors (Lipinski definition) is 7. The Kier molecular flexibility index (Phi) is 6.46. The van der Waals surface area contributed by atoms with Crippen LogP contribution in [0, 0.1) is 5.82 Å². The first-order chi connectivity index (χ1) is 17.0. The molecule has 2 saturated heterocycles. The zero-order chi connectivity index (χ0) is 24.5. The van der Waals surface area contributed by atoms with Crippen molar-refractivity contribution in [3.05, 3.63) is 59.5 Å². The molecule has 35 heavy (non-hydrogen) atoms. The molecule has 182 valence electrons. The van der Waals surface area contributed by atoms with Gasteiger partial charge in [-0.15, -0.1) is 0 Å². The molecule has 1 aromatic heterocycles. The Morgan fingerprint density at radius 2 is 1.86 bits per heavy atom. The number of anilines is 2. The van der Waals surface area contributed by atoms with Crippen molar-refractivity contribution in [2.24, 2.45) is 0 Å². The van der Waals surface area contributed by atoms with Crippen molar-refractivity contribution in [3.63, 3.8) is 0 Å². The van der Waals surface area contributed by atoms with Crippen LogP contribution >= 0.6 is 11.6 Å². The van der Waals surface area contributed by atoms with E-state index in [1.807, 2.05) is 6.07 Å². The summed E-state index contributed by atoms with van der Waals surface area (Å²) in [5.74, 6) is 0.186. The molecule has 0 saturated carbocycles. The van der Waals surface area contributed by atoms with Crippen molar-refractivity contribution in [1.82, 2.24) is 10.3 Å². The fraction of sp³-hybridized carbons (Fsp3) is 0.280. The topological polar surface area (TPSA) is 87.2 Å². The molecule has 1 atom stereocenters. The highest BCUT2D eigenvalue weighted by Gasteiger charge is 2.35. The average Bonchev–Trinajstić information content (AvgIpc) is 3.26. The first-order valence-corrected chi connectivity index (χ1v) is 11.6. The lowest BCUT2D eigenvalue weighted by atomic mass is 9.97. The van der Waals surface area contributed by atoms with Crippen LogP contribution in [0.3, 0.4) is 0 Å². The second-order valence-corrected chi connectivity index (χ2v) is 8.70. The molecule has 0 bridgehead atoms. The van der Waals surface area contributed by atoms with Crippen LogP contribution in [0.2, 0.25) is 5.02 Å². The highest BCUT2D eigenvalue weighted by molar-refractivity contribution is 6.34. The van der Waals surface area contributed by atoms with Crippen LogP contribution in [0.25, 0.3) is 22.3 Å². The predicted molar refractivity (Wildman–Crippen MR) is 131 cm³/mol. The molecule has 2 N–H and O–H groups in total. The van der Waals surface area contributed by atoms with Gasteiger partial charge in [0.05, 0.1) is 10.7 Å². The number of phenolic OH excluding ortho intramolecular Hbond substituents is 1. The monoisotopic (exact) mass is 498 g/mol. The Hall–Kier alpha value is -3.40. The van der Waals surface area contributed by atoms with Crippen LogP contribution in [0.1, 0.15) is 0 Å². The highest BCUT2D eigenvalue weighted by atomic mass is 35.5.